The van der Waals surface area contributed by atoms with Gasteiger partial charge in [-0.25, -0.2) is 4.68 Å². The topological polar surface area (TPSA) is 113 Å². The van der Waals surface area contributed by atoms with Crippen molar-refractivity contribution in [1.29, 1.82) is 0 Å². The van der Waals surface area contributed by atoms with Gasteiger partial charge in [0.2, 0.25) is 5.89 Å². The summed E-state index contributed by atoms with van der Waals surface area (Å²) in [5.74, 6) is 0.352. The van der Waals surface area contributed by atoms with E-state index in [1.54, 1.807) is 0 Å². The van der Waals surface area contributed by atoms with Gasteiger partial charge in [-0.15, -0.1) is 5.10 Å². The van der Waals surface area contributed by atoms with Crippen molar-refractivity contribution in [2.24, 2.45) is 5.73 Å². The van der Waals surface area contributed by atoms with Crippen molar-refractivity contribution in [2.45, 2.75) is 13.0 Å². The van der Waals surface area contributed by atoms with Gasteiger partial charge in [0, 0.05) is 6.42 Å². The second-order valence-electron chi connectivity index (χ2n) is 4.43. The number of carbonyl (C=O) groups excluding carboxylic acids is 1. The van der Waals surface area contributed by atoms with Gasteiger partial charge in [0.15, 0.2) is 11.5 Å². The Bertz CT molecular complexity index is 749. The smallest absolute Gasteiger partial charge is 0.270 e. The highest BCUT2D eigenvalue weighted by molar-refractivity contribution is 5.90. The predicted molar refractivity (Wildman–Crippen MR) is 71.2 cm³/mol. The van der Waals surface area contributed by atoms with E-state index in [0.29, 0.717) is 18.1 Å². The van der Waals surface area contributed by atoms with Gasteiger partial charge in [0.25, 0.3) is 5.91 Å². The molecule has 8 heteroatoms. The third-order valence-electron chi connectivity index (χ3n) is 2.80. The molecule has 3 aromatic rings. The third-order valence-corrected chi connectivity index (χ3v) is 2.80. The second kappa shape index (κ2) is 5.53. The molecule has 0 aliphatic heterocycles. The Kier molecular flexibility index (Phi) is 3.42. The van der Waals surface area contributed by atoms with E-state index in [1.165, 1.54) is 10.9 Å². The summed E-state index contributed by atoms with van der Waals surface area (Å²) in [6.07, 6.45) is 2.03. The monoisotopic (exact) mass is 284 g/mol. The van der Waals surface area contributed by atoms with Gasteiger partial charge in [-0.1, -0.05) is 40.7 Å². The van der Waals surface area contributed by atoms with Crippen molar-refractivity contribution in [2.75, 3.05) is 0 Å². The molecule has 2 N–H and O–H groups in total. The fraction of sp³-hybridized carbons (Fsp3) is 0.154. The van der Waals surface area contributed by atoms with Gasteiger partial charge in [0.1, 0.15) is 6.54 Å². The molecule has 8 nitrogen and oxygen atoms in total. The fourth-order valence-electron chi connectivity index (χ4n) is 1.83. The van der Waals surface area contributed by atoms with Crippen LogP contribution < -0.4 is 5.73 Å². The Morgan fingerprint density at radius 1 is 1.29 bits per heavy atom. The van der Waals surface area contributed by atoms with Crippen molar-refractivity contribution >= 4 is 5.91 Å². The molecule has 0 saturated carbocycles. The zero-order valence-corrected chi connectivity index (χ0v) is 11.0. The Morgan fingerprint density at radius 2 is 2.10 bits per heavy atom. The van der Waals surface area contributed by atoms with E-state index in [-0.39, 0.29) is 12.2 Å². The Hall–Kier alpha value is -3.03. The molecule has 3 rings (SSSR count). The molecular formula is C13H12N6O2. The number of carbonyl (C=O) groups is 1. The highest BCUT2D eigenvalue weighted by Crippen LogP contribution is 2.07. The van der Waals surface area contributed by atoms with Crippen LogP contribution in [-0.4, -0.2) is 31.0 Å². The summed E-state index contributed by atoms with van der Waals surface area (Å²) in [6.45, 7) is 0.238. The van der Waals surface area contributed by atoms with E-state index >= 15 is 0 Å². The average Bonchev–Trinajstić information content (AvgIpc) is 3.10. The number of primary amides is 1. The Labute approximate surface area is 119 Å². The lowest BCUT2D eigenvalue weighted by Crippen LogP contribution is -2.11. The SMILES string of the molecule is NC(=O)c1cn(Cc2nc(Cc3ccccc3)no2)nn1. The molecule has 2 heterocycles. The molecule has 0 fully saturated rings. The maximum Gasteiger partial charge on any atom is 0.270 e. The molecule has 0 radical (unpaired) electrons. The quantitative estimate of drug-likeness (QED) is 0.725. The fourth-order valence-corrected chi connectivity index (χ4v) is 1.83. The lowest BCUT2D eigenvalue weighted by molar-refractivity contribution is 0.0995. The highest BCUT2D eigenvalue weighted by Gasteiger charge is 2.11. The average molecular weight is 284 g/mol. The number of aromatic nitrogens is 5. The zero-order valence-electron chi connectivity index (χ0n) is 11.0. The summed E-state index contributed by atoms with van der Waals surface area (Å²) < 4.78 is 6.56. The maximum absolute atomic E-state index is 10.9. The summed E-state index contributed by atoms with van der Waals surface area (Å²) in [5, 5.41) is 11.3. The number of amides is 1. The minimum Gasteiger partial charge on any atom is -0.364 e. The summed E-state index contributed by atoms with van der Waals surface area (Å²) >= 11 is 0. The molecule has 0 unspecified atom stereocenters. The van der Waals surface area contributed by atoms with Gasteiger partial charge in [0.05, 0.1) is 6.20 Å². The summed E-state index contributed by atoms with van der Waals surface area (Å²) in [5.41, 5.74) is 6.30. The molecule has 0 spiro atoms. The van der Waals surface area contributed by atoms with Crippen LogP contribution in [0.2, 0.25) is 0 Å². The second-order valence-corrected chi connectivity index (χ2v) is 4.43. The standard InChI is InChI=1S/C13H12N6O2/c14-13(20)10-7-19(18-16-10)8-12-15-11(17-21-12)6-9-4-2-1-3-5-9/h1-5,7H,6,8H2,(H2,14,20). The Balaban J connectivity index is 1.68. The first-order chi connectivity index (χ1) is 10.2. The predicted octanol–water partition coefficient (Wildman–Crippen LogP) is 0.399. The molecule has 1 amide bonds. The van der Waals surface area contributed by atoms with Crippen LogP contribution in [0.5, 0.6) is 0 Å². The third kappa shape index (κ3) is 3.11. The molecule has 21 heavy (non-hydrogen) atoms. The molecule has 2 aromatic heterocycles. The molecule has 0 atom stereocenters. The van der Waals surface area contributed by atoms with Crippen molar-refractivity contribution in [1.82, 2.24) is 25.1 Å². The first-order valence-electron chi connectivity index (χ1n) is 6.26. The number of benzene rings is 1. The van der Waals surface area contributed by atoms with Crippen molar-refractivity contribution in [3.8, 4) is 0 Å². The molecule has 106 valence electrons. The minimum atomic E-state index is -0.628. The molecule has 0 bridgehead atoms. The van der Waals surface area contributed by atoms with Crippen molar-refractivity contribution < 1.29 is 9.32 Å². The number of hydrogen-bond acceptors (Lipinski definition) is 6. The van der Waals surface area contributed by atoms with E-state index in [2.05, 4.69) is 20.5 Å². The zero-order chi connectivity index (χ0) is 14.7. The highest BCUT2D eigenvalue weighted by atomic mass is 16.5. The minimum absolute atomic E-state index is 0.0963. The van der Waals surface area contributed by atoms with Gasteiger partial charge in [-0.05, 0) is 5.56 Å². The van der Waals surface area contributed by atoms with Crippen LogP contribution in [0, 0.1) is 0 Å². The van der Waals surface area contributed by atoms with E-state index in [4.69, 9.17) is 10.3 Å². The molecule has 0 aliphatic carbocycles. The van der Waals surface area contributed by atoms with Crippen molar-refractivity contribution in [3.05, 3.63) is 59.5 Å². The summed E-state index contributed by atoms with van der Waals surface area (Å²) in [6, 6.07) is 9.85. The summed E-state index contributed by atoms with van der Waals surface area (Å²) in [4.78, 5) is 15.2. The number of hydrogen-bond donors (Lipinski definition) is 1. The number of rotatable bonds is 5. The van der Waals surface area contributed by atoms with Crippen LogP contribution >= 0.6 is 0 Å². The number of nitrogens with zero attached hydrogens (tertiary/aromatic N) is 5. The molecule has 0 saturated heterocycles. The van der Waals surface area contributed by atoms with Crippen LogP contribution in [-0.2, 0) is 13.0 Å². The lowest BCUT2D eigenvalue weighted by Gasteiger charge is -1.94. The number of nitrogens with two attached hydrogens (primary N) is 1. The normalized spacial score (nSPS) is 10.7. The van der Waals surface area contributed by atoms with Gasteiger partial charge in [-0.2, -0.15) is 4.98 Å². The van der Waals surface area contributed by atoms with E-state index in [1.807, 2.05) is 30.3 Å². The van der Waals surface area contributed by atoms with Crippen LogP contribution in [0.1, 0.15) is 27.8 Å². The summed E-state index contributed by atoms with van der Waals surface area (Å²) in [7, 11) is 0. The van der Waals surface area contributed by atoms with E-state index in [9.17, 15) is 4.79 Å². The first-order valence-corrected chi connectivity index (χ1v) is 6.26. The van der Waals surface area contributed by atoms with Crippen LogP contribution in [0.25, 0.3) is 0 Å². The van der Waals surface area contributed by atoms with E-state index < -0.39 is 5.91 Å². The molecular weight excluding hydrogens is 272 g/mol. The van der Waals surface area contributed by atoms with Gasteiger partial charge < -0.3 is 10.3 Å². The van der Waals surface area contributed by atoms with Gasteiger partial charge in [-0.3, -0.25) is 4.79 Å². The van der Waals surface area contributed by atoms with E-state index in [0.717, 1.165) is 5.56 Å². The van der Waals surface area contributed by atoms with Crippen LogP contribution in [0.15, 0.2) is 41.1 Å². The molecule has 1 aromatic carbocycles. The first kappa shape index (κ1) is 13.0. The van der Waals surface area contributed by atoms with Gasteiger partial charge >= 0.3 is 0 Å². The largest absolute Gasteiger partial charge is 0.364 e. The Morgan fingerprint density at radius 3 is 2.81 bits per heavy atom. The van der Waals surface area contributed by atoms with Crippen LogP contribution in [0.4, 0.5) is 0 Å². The maximum atomic E-state index is 10.9. The van der Waals surface area contributed by atoms with Crippen LogP contribution in [0.3, 0.4) is 0 Å². The lowest BCUT2D eigenvalue weighted by atomic mass is 10.1. The molecule has 0 aliphatic rings. The van der Waals surface area contributed by atoms with Crippen molar-refractivity contribution in [3.63, 3.8) is 0 Å².